The van der Waals surface area contributed by atoms with Gasteiger partial charge >= 0.3 is 5.97 Å². The molecule has 3 N–H and O–H groups in total. The third kappa shape index (κ3) is 4.61. The summed E-state index contributed by atoms with van der Waals surface area (Å²) in [5, 5.41) is 18.7. The molecule has 2 rings (SSSR count). The third-order valence-electron chi connectivity index (χ3n) is 3.65. The second kappa shape index (κ2) is 8.01. The fourth-order valence-electron chi connectivity index (χ4n) is 2.24. The van der Waals surface area contributed by atoms with E-state index in [9.17, 15) is 9.59 Å². The zero-order chi connectivity index (χ0) is 17.7. The number of carboxylic acid groups (broad SMARTS) is 1. The number of hydrogen-bond donors (Lipinski definition) is 3. The molecule has 2 aromatic rings. The van der Waals surface area contributed by atoms with E-state index in [0.717, 1.165) is 16.2 Å². The van der Waals surface area contributed by atoms with Crippen LogP contribution in [-0.2, 0) is 4.79 Å². The van der Waals surface area contributed by atoms with E-state index >= 15 is 0 Å². The fourth-order valence-corrected chi connectivity index (χ4v) is 2.65. The Labute approximate surface area is 145 Å². The molecule has 0 saturated heterocycles. The maximum atomic E-state index is 12.4. The summed E-state index contributed by atoms with van der Waals surface area (Å²) in [4.78, 5) is 24.6. The number of rotatable bonds is 7. The highest BCUT2D eigenvalue weighted by atomic mass is 32.2. The normalized spacial score (nSPS) is 12.2. The molecule has 128 valence electrons. The molecule has 1 aromatic carbocycles. The average Bonchev–Trinajstić information content (AvgIpc) is 3.04. The van der Waals surface area contributed by atoms with E-state index in [0.29, 0.717) is 0 Å². The van der Waals surface area contributed by atoms with Crippen LogP contribution in [0.3, 0.4) is 0 Å². The number of carboxylic acids is 1. The van der Waals surface area contributed by atoms with Crippen LogP contribution in [0.4, 0.5) is 0 Å². The lowest BCUT2D eigenvalue weighted by atomic mass is 10.0. The van der Waals surface area contributed by atoms with Crippen LogP contribution < -0.4 is 5.32 Å². The van der Waals surface area contributed by atoms with Crippen molar-refractivity contribution in [2.45, 2.75) is 37.1 Å². The molecule has 0 aliphatic rings. The summed E-state index contributed by atoms with van der Waals surface area (Å²) in [6.45, 7) is 3.99. The first-order valence-electron chi connectivity index (χ1n) is 7.62. The number of aromatic amines is 1. The number of aliphatic carboxylic acids is 1. The molecule has 7 heteroatoms. The molecule has 0 aliphatic heterocycles. The van der Waals surface area contributed by atoms with Crippen LogP contribution in [0.1, 0.15) is 54.0 Å². The Morgan fingerprint density at radius 2 is 1.96 bits per heavy atom. The van der Waals surface area contributed by atoms with Crippen molar-refractivity contribution in [3.63, 3.8) is 0 Å². The van der Waals surface area contributed by atoms with Crippen molar-refractivity contribution in [1.29, 1.82) is 0 Å². The molecule has 0 saturated carbocycles. The Morgan fingerprint density at radius 3 is 2.46 bits per heavy atom. The quantitative estimate of drug-likeness (QED) is 0.669. The number of amides is 1. The minimum Gasteiger partial charge on any atom is -0.481 e. The number of benzene rings is 1. The highest BCUT2D eigenvalue weighted by molar-refractivity contribution is 7.98. The van der Waals surface area contributed by atoms with Gasteiger partial charge in [-0.05, 0) is 35.9 Å². The van der Waals surface area contributed by atoms with E-state index in [-0.39, 0.29) is 18.0 Å². The molecule has 0 aliphatic carbocycles. The van der Waals surface area contributed by atoms with E-state index in [1.54, 1.807) is 17.8 Å². The zero-order valence-electron chi connectivity index (χ0n) is 13.9. The lowest BCUT2D eigenvalue weighted by Crippen LogP contribution is -2.30. The van der Waals surface area contributed by atoms with Gasteiger partial charge in [-0.3, -0.25) is 14.7 Å². The van der Waals surface area contributed by atoms with E-state index in [1.807, 2.05) is 44.4 Å². The van der Waals surface area contributed by atoms with Crippen LogP contribution in [0.2, 0.25) is 0 Å². The maximum Gasteiger partial charge on any atom is 0.305 e. The van der Waals surface area contributed by atoms with Gasteiger partial charge in [-0.2, -0.15) is 5.10 Å². The summed E-state index contributed by atoms with van der Waals surface area (Å²) in [7, 11) is 0. The molecule has 0 radical (unpaired) electrons. The molecule has 0 fully saturated rings. The van der Waals surface area contributed by atoms with E-state index < -0.39 is 17.9 Å². The summed E-state index contributed by atoms with van der Waals surface area (Å²) in [6.07, 6.45) is 1.78. The van der Waals surface area contributed by atoms with Gasteiger partial charge in [-0.15, -0.1) is 11.8 Å². The van der Waals surface area contributed by atoms with Crippen LogP contribution in [-0.4, -0.2) is 33.4 Å². The smallest absolute Gasteiger partial charge is 0.305 e. The van der Waals surface area contributed by atoms with Gasteiger partial charge in [-0.25, -0.2) is 0 Å². The highest BCUT2D eigenvalue weighted by Crippen LogP contribution is 2.22. The van der Waals surface area contributed by atoms with Gasteiger partial charge in [0.1, 0.15) is 5.69 Å². The molecule has 0 bridgehead atoms. The molecule has 1 heterocycles. The van der Waals surface area contributed by atoms with Crippen LogP contribution in [0.15, 0.2) is 35.2 Å². The first-order chi connectivity index (χ1) is 11.4. The number of carbonyl (C=O) groups is 2. The second-order valence-electron chi connectivity index (χ2n) is 5.76. The van der Waals surface area contributed by atoms with Gasteiger partial charge in [0.15, 0.2) is 0 Å². The van der Waals surface area contributed by atoms with Gasteiger partial charge in [0.2, 0.25) is 0 Å². The number of nitrogens with one attached hydrogen (secondary N) is 2. The summed E-state index contributed by atoms with van der Waals surface area (Å²) in [5.74, 6) is -1.13. The van der Waals surface area contributed by atoms with Crippen molar-refractivity contribution >= 4 is 23.6 Å². The summed E-state index contributed by atoms with van der Waals surface area (Å²) >= 11 is 1.60. The van der Waals surface area contributed by atoms with E-state index in [2.05, 4.69) is 15.5 Å². The number of hydrogen-bond acceptors (Lipinski definition) is 4. The highest BCUT2D eigenvalue weighted by Gasteiger charge is 2.20. The molecule has 6 nitrogen and oxygen atoms in total. The summed E-state index contributed by atoms with van der Waals surface area (Å²) < 4.78 is 0. The predicted molar refractivity (Wildman–Crippen MR) is 93.4 cm³/mol. The van der Waals surface area contributed by atoms with E-state index in [4.69, 9.17) is 5.11 Å². The maximum absolute atomic E-state index is 12.4. The van der Waals surface area contributed by atoms with Crippen molar-refractivity contribution in [3.8, 4) is 0 Å². The predicted octanol–water partition coefficient (Wildman–Crippen LogP) is 3.20. The van der Waals surface area contributed by atoms with Crippen molar-refractivity contribution in [2.24, 2.45) is 0 Å². The summed E-state index contributed by atoms with van der Waals surface area (Å²) in [6, 6.07) is 8.58. The Morgan fingerprint density at radius 1 is 1.29 bits per heavy atom. The number of thioether (sulfide) groups is 1. The van der Waals surface area contributed by atoms with Gasteiger partial charge in [-0.1, -0.05) is 26.0 Å². The van der Waals surface area contributed by atoms with Gasteiger partial charge in [0, 0.05) is 10.6 Å². The monoisotopic (exact) mass is 347 g/mol. The topological polar surface area (TPSA) is 95.1 Å². The van der Waals surface area contributed by atoms with Crippen LogP contribution in [0.25, 0.3) is 0 Å². The number of nitrogens with zero attached hydrogens (tertiary/aromatic N) is 1. The molecule has 1 aromatic heterocycles. The SMILES string of the molecule is CSc1ccc(C(CC(=O)O)NC(=O)c2cc(C(C)C)[nH]n2)cc1. The van der Waals surface area contributed by atoms with Gasteiger partial charge < -0.3 is 10.4 Å². The second-order valence-corrected chi connectivity index (χ2v) is 6.64. The van der Waals surface area contributed by atoms with E-state index in [1.165, 1.54) is 0 Å². The molecule has 24 heavy (non-hydrogen) atoms. The minimum absolute atomic E-state index is 0.189. The van der Waals surface area contributed by atoms with Crippen molar-refractivity contribution in [1.82, 2.24) is 15.5 Å². The zero-order valence-corrected chi connectivity index (χ0v) is 14.7. The fraction of sp³-hybridized carbons (Fsp3) is 0.353. The Bertz CT molecular complexity index is 710. The van der Waals surface area contributed by atoms with Gasteiger partial charge in [0.25, 0.3) is 5.91 Å². The Balaban J connectivity index is 2.17. The minimum atomic E-state index is -0.973. The first-order valence-corrected chi connectivity index (χ1v) is 8.85. The molecule has 1 unspecified atom stereocenters. The van der Waals surface area contributed by atoms with Crippen molar-refractivity contribution < 1.29 is 14.7 Å². The van der Waals surface area contributed by atoms with Crippen LogP contribution in [0.5, 0.6) is 0 Å². The van der Waals surface area contributed by atoms with Crippen LogP contribution in [0, 0.1) is 0 Å². The summed E-state index contributed by atoms with van der Waals surface area (Å²) in [5.41, 5.74) is 1.87. The molecular formula is C17H21N3O3S. The molecule has 1 atom stereocenters. The van der Waals surface area contributed by atoms with Crippen LogP contribution >= 0.6 is 11.8 Å². The van der Waals surface area contributed by atoms with Gasteiger partial charge in [0.05, 0.1) is 12.5 Å². The number of carbonyl (C=O) groups excluding carboxylic acids is 1. The average molecular weight is 347 g/mol. The molecule has 0 spiro atoms. The lowest BCUT2D eigenvalue weighted by molar-refractivity contribution is -0.137. The lowest BCUT2D eigenvalue weighted by Gasteiger charge is -2.17. The largest absolute Gasteiger partial charge is 0.481 e. The number of aromatic nitrogens is 2. The first kappa shape index (κ1) is 18.1. The third-order valence-corrected chi connectivity index (χ3v) is 4.40. The Hall–Kier alpha value is -2.28. The van der Waals surface area contributed by atoms with Crippen molar-refractivity contribution in [2.75, 3.05) is 6.26 Å². The van der Waals surface area contributed by atoms with Crippen molar-refractivity contribution in [3.05, 3.63) is 47.3 Å². The number of H-pyrrole nitrogens is 1. The molecule has 1 amide bonds. The standard InChI is InChI=1S/C17H21N3O3S/c1-10(2)13-8-15(20-19-13)17(23)18-14(9-16(21)22)11-4-6-12(24-3)7-5-11/h4-8,10,14H,9H2,1-3H3,(H,18,23)(H,19,20)(H,21,22). The Kier molecular flexibility index (Phi) is 6.03. The molecular weight excluding hydrogens is 326 g/mol.